The molecule has 0 saturated heterocycles. The number of imidazole rings is 1. The first-order valence-electron chi connectivity index (χ1n) is 6.49. The maximum atomic E-state index is 11.3. The highest BCUT2D eigenvalue weighted by atomic mass is 16.6. The predicted octanol–water partition coefficient (Wildman–Crippen LogP) is 1.87. The highest BCUT2D eigenvalue weighted by Gasteiger charge is 2.36. The van der Waals surface area contributed by atoms with Gasteiger partial charge in [-0.25, -0.2) is 0 Å². The lowest BCUT2D eigenvalue weighted by Gasteiger charge is -2.20. The van der Waals surface area contributed by atoms with Gasteiger partial charge in [0.25, 0.3) is 0 Å². The highest BCUT2D eigenvalue weighted by Crippen LogP contribution is 2.36. The number of hydrogen-bond acceptors (Lipinski definition) is 5. The van der Waals surface area contributed by atoms with Crippen LogP contribution in [0.25, 0.3) is 0 Å². The summed E-state index contributed by atoms with van der Waals surface area (Å²) in [6, 6.07) is 7.44. The molecule has 2 atom stereocenters. The van der Waals surface area contributed by atoms with E-state index in [1.807, 2.05) is 24.3 Å². The lowest BCUT2D eigenvalue weighted by Crippen LogP contribution is -2.25. The SMILES string of the molecule is CC(=O)O[C@H]1Cc2ccccc2[C@H]1n1cnc([N+](=O)[O-])c1. The lowest BCUT2D eigenvalue weighted by atomic mass is 10.1. The van der Waals surface area contributed by atoms with Crippen LogP contribution in [0, 0.1) is 10.1 Å². The number of hydrogen-bond donors (Lipinski definition) is 0. The molecule has 0 saturated carbocycles. The van der Waals surface area contributed by atoms with Crippen molar-refractivity contribution in [2.45, 2.75) is 25.5 Å². The molecule has 7 nitrogen and oxygen atoms in total. The van der Waals surface area contributed by atoms with Crippen LogP contribution in [0.3, 0.4) is 0 Å². The molecule has 0 amide bonds. The number of fused-ring (bicyclic) bond motifs is 1. The molecular formula is C14H13N3O4. The van der Waals surface area contributed by atoms with Gasteiger partial charge in [0.05, 0.1) is 6.04 Å². The molecule has 2 aromatic rings. The summed E-state index contributed by atoms with van der Waals surface area (Å²) in [6.45, 7) is 1.36. The van der Waals surface area contributed by atoms with Crippen LogP contribution in [0.5, 0.6) is 0 Å². The summed E-state index contributed by atoms with van der Waals surface area (Å²) in [5.74, 6) is -0.589. The number of ether oxygens (including phenoxy) is 1. The smallest absolute Gasteiger partial charge is 0.381 e. The molecule has 0 fully saturated rings. The average molecular weight is 287 g/mol. The first kappa shape index (κ1) is 13.3. The number of nitrogens with zero attached hydrogens (tertiary/aromatic N) is 3. The molecule has 0 spiro atoms. The summed E-state index contributed by atoms with van der Waals surface area (Å²) in [5, 5.41) is 10.8. The zero-order valence-corrected chi connectivity index (χ0v) is 11.3. The maximum Gasteiger partial charge on any atom is 0.381 e. The van der Waals surface area contributed by atoms with Gasteiger partial charge < -0.3 is 14.9 Å². The molecule has 0 radical (unpaired) electrons. The summed E-state index contributed by atoms with van der Waals surface area (Å²) >= 11 is 0. The Morgan fingerprint density at radius 1 is 1.48 bits per heavy atom. The molecule has 21 heavy (non-hydrogen) atoms. The third-order valence-electron chi connectivity index (χ3n) is 3.56. The Kier molecular flexibility index (Phi) is 3.17. The normalized spacial score (nSPS) is 20.0. The molecule has 1 aliphatic carbocycles. The van der Waals surface area contributed by atoms with Crippen LogP contribution in [0.2, 0.25) is 0 Å². The van der Waals surface area contributed by atoms with Gasteiger partial charge in [0.1, 0.15) is 12.3 Å². The van der Waals surface area contributed by atoms with E-state index in [0.29, 0.717) is 6.42 Å². The molecular weight excluding hydrogens is 274 g/mol. The minimum atomic E-state index is -0.543. The summed E-state index contributed by atoms with van der Waals surface area (Å²) < 4.78 is 7.01. The summed E-state index contributed by atoms with van der Waals surface area (Å²) in [5.41, 5.74) is 2.07. The molecule has 3 rings (SSSR count). The summed E-state index contributed by atoms with van der Waals surface area (Å²) in [7, 11) is 0. The molecule has 0 aliphatic heterocycles. The topological polar surface area (TPSA) is 87.3 Å². The third kappa shape index (κ3) is 2.37. The first-order valence-corrected chi connectivity index (χ1v) is 6.49. The summed E-state index contributed by atoms with van der Waals surface area (Å²) in [4.78, 5) is 25.3. The molecule has 0 bridgehead atoms. The van der Waals surface area contributed by atoms with E-state index < -0.39 is 4.92 Å². The Balaban J connectivity index is 2.01. The van der Waals surface area contributed by atoms with Gasteiger partial charge >= 0.3 is 11.8 Å². The van der Waals surface area contributed by atoms with Crippen LogP contribution in [0.15, 0.2) is 36.8 Å². The van der Waals surface area contributed by atoms with Crippen molar-refractivity contribution in [3.63, 3.8) is 0 Å². The molecule has 1 aromatic heterocycles. The molecule has 1 aliphatic rings. The van der Waals surface area contributed by atoms with Crippen LogP contribution in [-0.4, -0.2) is 26.5 Å². The van der Waals surface area contributed by atoms with E-state index in [2.05, 4.69) is 4.98 Å². The van der Waals surface area contributed by atoms with E-state index in [1.165, 1.54) is 19.4 Å². The molecule has 0 N–H and O–H groups in total. The van der Waals surface area contributed by atoms with Crippen LogP contribution >= 0.6 is 0 Å². The van der Waals surface area contributed by atoms with Crippen LogP contribution in [-0.2, 0) is 16.0 Å². The van der Waals surface area contributed by atoms with Gasteiger partial charge in [-0.3, -0.25) is 9.36 Å². The second-order valence-electron chi connectivity index (χ2n) is 4.93. The largest absolute Gasteiger partial charge is 0.460 e. The van der Waals surface area contributed by atoms with Crippen molar-refractivity contribution in [3.05, 3.63) is 58.0 Å². The Labute approximate surface area is 120 Å². The van der Waals surface area contributed by atoms with Gasteiger partial charge in [-0.1, -0.05) is 24.3 Å². The maximum absolute atomic E-state index is 11.3. The van der Waals surface area contributed by atoms with E-state index in [9.17, 15) is 14.9 Å². The van der Waals surface area contributed by atoms with Gasteiger partial charge in [-0.05, 0) is 21.0 Å². The Hall–Kier alpha value is -2.70. The molecule has 108 valence electrons. The van der Waals surface area contributed by atoms with Crippen molar-refractivity contribution < 1.29 is 14.5 Å². The molecule has 7 heteroatoms. The van der Waals surface area contributed by atoms with E-state index in [-0.39, 0.29) is 23.9 Å². The van der Waals surface area contributed by atoms with Crippen molar-refractivity contribution in [2.75, 3.05) is 0 Å². The molecule has 0 unspecified atom stereocenters. The van der Waals surface area contributed by atoms with Gasteiger partial charge in [0, 0.05) is 13.3 Å². The predicted molar refractivity (Wildman–Crippen MR) is 72.7 cm³/mol. The molecule has 1 heterocycles. The standard InChI is InChI=1S/C14H13N3O4/c1-9(18)21-12-6-10-4-2-3-5-11(10)14(12)16-7-13(15-8-16)17(19)20/h2-5,7-8,12,14H,6H2,1H3/t12-,14+/m0/s1. The number of nitro groups is 1. The van der Waals surface area contributed by atoms with Crippen molar-refractivity contribution >= 4 is 11.8 Å². The van der Waals surface area contributed by atoms with Crippen LogP contribution in [0.4, 0.5) is 5.82 Å². The monoisotopic (exact) mass is 287 g/mol. The number of esters is 1. The number of rotatable bonds is 3. The third-order valence-corrected chi connectivity index (χ3v) is 3.56. The van der Waals surface area contributed by atoms with Gasteiger partial charge in [-0.2, -0.15) is 0 Å². The summed E-state index contributed by atoms with van der Waals surface area (Å²) in [6.07, 6.45) is 2.98. The van der Waals surface area contributed by atoms with Gasteiger partial charge in [-0.15, -0.1) is 0 Å². The van der Waals surface area contributed by atoms with Crippen molar-refractivity contribution in [1.82, 2.24) is 9.55 Å². The minimum Gasteiger partial charge on any atom is -0.460 e. The number of carbonyl (C=O) groups is 1. The number of carbonyl (C=O) groups excluding carboxylic acids is 1. The lowest BCUT2D eigenvalue weighted by molar-refractivity contribution is -0.389. The fraction of sp³-hybridized carbons (Fsp3) is 0.286. The van der Waals surface area contributed by atoms with Gasteiger partial charge in [0.2, 0.25) is 6.33 Å². The van der Waals surface area contributed by atoms with Crippen molar-refractivity contribution in [3.8, 4) is 0 Å². The number of aromatic nitrogens is 2. The van der Waals surface area contributed by atoms with Gasteiger partial charge in [0.15, 0.2) is 0 Å². The van der Waals surface area contributed by atoms with E-state index in [0.717, 1.165) is 11.1 Å². The first-order chi connectivity index (χ1) is 10.1. The zero-order chi connectivity index (χ0) is 15.0. The Morgan fingerprint density at radius 2 is 2.24 bits per heavy atom. The fourth-order valence-electron chi connectivity index (χ4n) is 2.78. The second-order valence-corrected chi connectivity index (χ2v) is 4.93. The Morgan fingerprint density at radius 3 is 2.90 bits per heavy atom. The fourth-order valence-corrected chi connectivity index (χ4v) is 2.78. The van der Waals surface area contributed by atoms with E-state index >= 15 is 0 Å². The quantitative estimate of drug-likeness (QED) is 0.488. The zero-order valence-electron chi connectivity index (χ0n) is 11.3. The number of benzene rings is 1. The minimum absolute atomic E-state index is 0.221. The average Bonchev–Trinajstić information content (AvgIpc) is 3.01. The van der Waals surface area contributed by atoms with E-state index in [1.54, 1.807) is 4.57 Å². The molecule has 1 aromatic carbocycles. The van der Waals surface area contributed by atoms with E-state index in [4.69, 9.17) is 4.74 Å². The van der Waals surface area contributed by atoms with Crippen LogP contribution in [0.1, 0.15) is 24.1 Å². The second kappa shape index (κ2) is 5.01. The highest BCUT2D eigenvalue weighted by molar-refractivity contribution is 5.66. The van der Waals surface area contributed by atoms with Crippen molar-refractivity contribution in [1.29, 1.82) is 0 Å². The Bertz CT molecular complexity index is 710. The van der Waals surface area contributed by atoms with Crippen molar-refractivity contribution in [2.24, 2.45) is 0 Å². The van der Waals surface area contributed by atoms with Crippen LogP contribution < -0.4 is 0 Å².